The second kappa shape index (κ2) is 7.47. The van der Waals surface area contributed by atoms with E-state index in [1.165, 1.54) is 0 Å². The van der Waals surface area contributed by atoms with Crippen LogP contribution in [-0.4, -0.2) is 21.0 Å². The normalized spacial score (nSPS) is 14.1. The van der Waals surface area contributed by atoms with Gasteiger partial charge in [0.1, 0.15) is 11.6 Å². The lowest BCUT2D eigenvalue weighted by Gasteiger charge is -2.41. The fourth-order valence-electron chi connectivity index (χ4n) is 4.61. The molecule has 2 aromatic heterocycles. The number of nitrogens with zero attached hydrogens (tertiary/aromatic N) is 3. The summed E-state index contributed by atoms with van der Waals surface area (Å²) in [7, 11) is 0. The molecule has 4 nitrogen and oxygen atoms in total. The number of rotatable bonds is 4. The third-order valence-corrected chi connectivity index (χ3v) is 5.96. The minimum absolute atomic E-state index is 0.0246. The number of halogens is 2. The van der Waals surface area contributed by atoms with Gasteiger partial charge in [-0.2, -0.15) is 10.2 Å². The molecule has 0 amide bonds. The Labute approximate surface area is 177 Å². The van der Waals surface area contributed by atoms with E-state index in [1.54, 1.807) is 36.7 Å². The van der Waals surface area contributed by atoms with Crippen LogP contribution in [0, 0.1) is 11.6 Å². The van der Waals surface area contributed by atoms with Crippen molar-refractivity contribution in [1.82, 2.24) is 15.2 Å². The van der Waals surface area contributed by atoms with Crippen LogP contribution in [0.15, 0.2) is 79.4 Å². The molecule has 2 aromatic carbocycles. The molecule has 0 saturated carbocycles. The molecule has 0 atom stereocenters. The Balaban J connectivity index is 1.82. The Morgan fingerprint density at radius 3 is 1.94 bits per heavy atom. The molecule has 0 bridgehead atoms. The van der Waals surface area contributed by atoms with Crippen LogP contribution in [0.5, 0.6) is 0 Å². The van der Waals surface area contributed by atoms with Gasteiger partial charge in [0.05, 0.1) is 18.6 Å². The Morgan fingerprint density at radius 1 is 0.742 bits per heavy atom. The maximum absolute atomic E-state index is 14.8. The van der Waals surface area contributed by atoms with E-state index in [0.29, 0.717) is 17.5 Å². The Morgan fingerprint density at radius 2 is 1.35 bits per heavy atom. The summed E-state index contributed by atoms with van der Waals surface area (Å²) in [6.45, 7) is 0. The second-order valence-electron chi connectivity index (χ2n) is 7.69. The van der Waals surface area contributed by atoms with Gasteiger partial charge in [-0.15, -0.1) is 0 Å². The zero-order chi connectivity index (χ0) is 21.4. The van der Waals surface area contributed by atoms with Crippen molar-refractivity contribution in [2.24, 2.45) is 0 Å². The van der Waals surface area contributed by atoms with Gasteiger partial charge in [-0.3, -0.25) is 9.78 Å². The molecule has 0 spiro atoms. The number of carbonyl (C=O) groups is 1. The maximum atomic E-state index is 14.8. The summed E-state index contributed by atoms with van der Waals surface area (Å²) in [5, 5.41) is 7.82. The van der Waals surface area contributed by atoms with E-state index in [2.05, 4.69) is 15.2 Å². The summed E-state index contributed by atoms with van der Waals surface area (Å²) in [4.78, 5) is 16.9. The molecular formula is C25H17F2N3O. The summed E-state index contributed by atoms with van der Waals surface area (Å²) in [5.41, 5.74) is 2.47. The van der Waals surface area contributed by atoms with Gasteiger partial charge in [0, 0.05) is 28.3 Å². The van der Waals surface area contributed by atoms with E-state index in [1.807, 2.05) is 30.3 Å². The Kier molecular flexibility index (Phi) is 4.62. The Hall–Kier alpha value is -3.80. The van der Waals surface area contributed by atoms with Crippen molar-refractivity contribution >= 4 is 5.78 Å². The summed E-state index contributed by atoms with van der Waals surface area (Å²) in [6.07, 6.45) is 5.69. The zero-order valence-corrected chi connectivity index (χ0v) is 16.4. The van der Waals surface area contributed by atoms with Gasteiger partial charge in [-0.25, -0.2) is 8.78 Å². The minimum Gasteiger partial charge on any atom is -0.289 e. The first-order valence-corrected chi connectivity index (χ1v) is 9.87. The van der Waals surface area contributed by atoms with E-state index >= 15 is 0 Å². The smallest absolute Gasteiger partial charge is 0.193 e. The molecule has 31 heavy (non-hydrogen) atoms. The second-order valence-corrected chi connectivity index (χ2v) is 7.69. The molecule has 2 heterocycles. The average molecular weight is 413 g/mol. The minimum atomic E-state index is -0.882. The van der Waals surface area contributed by atoms with Gasteiger partial charge in [0.25, 0.3) is 0 Å². The van der Waals surface area contributed by atoms with E-state index in [9.17, 15) is 13.6 Å². The molecule has 0 fully saturated rings. The van der Waals surface area contributed by atoms with Crippen molar-refractivity contribution < 1.29 is 13.6 Å². The number of ketones is 1. The molecule has 0 saturated heterocycles. The monoisotopic (exact) mass is 413 g/mol. The van der Waals surface area contributed by atoms with Crippen LogP contribution in [0.25, 0.3) is 0 Å². The number of aromatic nitrogens is 3. The topological polar surface area (TPSA) is 55.7 Å². The number of fused-ring (bicyclic) bond motifs is 2. The first kappa shape index (κ1) is 19.2. The maximum Gasteiger partial charge on any atom is 0.193 e. The van der Waals surface area contributed by atoms with Crippen LogP contribution in [0.3, 0.4) is 0 Å². The molecule has 1 aliphatic carbocycles. The van der Waals surface area contributed by atoms with Gasteiger partial charge in [-0.05, 0) is 35.6 Å². The predicted octanol–water partition coefficient (Wildman–Crippen LogP) is 4.47. The first-order chi connectivity index (χ1) is 15.1. The van der Waals surface area contributed by atoms with Crippen molar-refractivity contribution in [2.75, 3.05) is 0 Å². The molecule has 0 radical (unpaired) electrons. The van der Waals surface area contributed by atoms with Crippen LogP contribution >= 0.6 is 0 Å². The molecule has 5 rings (SSSR count). The van der Waals surface area contributed by atoms with Gasteiger partial charge < -0.3 is 0 Å². The van der Waals surface area contributed by atoms with E-state index in [-0.39, 0.29) is 17.8 Å². The van der Waals surface area contributed by atoms with Crippen LogP contribution < -0.4 is 0 Å². The molecule has 4 aromatic rings. The molecule has 6 heteroatoms. The first-order valence-electron chi connectivity index (χ1n) is 9.87. The average Bonchev–Trinajstić information content (AvgIpc) is 2.80. The van der Waals surface area contributed by atoms with Crippen LogP contribution in [0.1, 0.15) is 38.2 Å². The lowest BCUT2D eigenvalue weighted by Crippen LogP contribution is -2.40. The van der Waals surface area contributed by atoms with Crippen molar-refractivity contribution in [3.8, 4) is 0 Å². The van der Waals surface area contributed by atoms with E-state index in [0.717, 1.165) is 29.1 Å². The highest BCUT2D eigenvalue weighted by atomic mass is 19.1. The molecular weight excluding hydrogens is 396 g/mol. The van der Waals surface area contributed by atoms with Crippen molar-refractivity contribution in [1.29, 1.82) is 0 Å². The summed E-state index contributed by atoms with van der Waals surface area (Å²) in [6, 6.07) is 16.4. The molecule has 0 unspecified atom stereocenters. The summed E-state index contributed by atoms with van der Waals surface area (Å²) in [5.74, 6) is -1.51. The summed E-state index contributed by atoms with van der Waals surface area (Å²) >= 11 is 0. The van der Waals surface area contributed by atoms with Gasteiger partial charge in [0.2, 0.25) is 0 Å². The summed E-state index contributed by atoms with van der Waals surface area (Å²) < 4.78 is 29.5. The van der Waals surface area contributed by atoms with Gasteiger partial charge >= 0.3 is 0 Å². The third-order valence-electron chi connectivity index (χ3n) is 5.96. The fraction of sp³-hybridized carbons (Fsp3) is 0.120. The predicted molar refractivity (Wildman–Crippen MR) is 111 cm³/mol. The highest BCUT2D eigenvalue weighted by Gasteiger charge is 2.44. The van der Waals surface area contributed by atoms with Crippen LogP contribution in [0.2, 0.25) is 0 Å². The zero-order valence-electron chi connectivity index (χ0n) is 16.4. The van der Waals surface area contributed by atoms with Gasteiger partial charge in [-0.1, -0.05) is 48.5 Å². The SMILES string of the molecule is O=C1c2ccccc2C(Cc2ccnnc2)(Cc2c(F)cncc2F)c2ccccc21. The number of hydrogen-bond donors (Lipinski definition) is 0. The largest absolute Gasteiger partial charge is 0.289 e. The number of pyridine rings is 1. The van der Waals surface area contributed by atoms with Crippen molar-refractivity contribution in [3.05, 3.63) is 124 Å². The highest BCUT2D eigenvalue weighted by molar-refractivity contribution is 6.13. The van der Waals surface area contributed by atoms with Crippen LogP contribution in [0.4, 0.5) is 8.78 Å². The number of carbonyl (C=O) groups excluding carboxylic acids is 1. The van der Waals surface area contributed by atoms with E-state index in [4.69, 9.17) is 0 Å². The van der Waals surface area contributed by atoms with Gasteiger partial charge in [0.15, 0.2) is 5.78 Å². The fourth-order valence-corrected chi connectivity index (χ4v) is 4.61. The van der Waals surface area contributed by atoms with Crippen molar-refractivity contribution in [3.63, 3.8) is 0 Å². The van der Waals surface area contributed by atoms with Crippen molar-refractivity contribution in [2.45, 2.75) is 18.3 Å². The molecule has 0 aliphatic heterocycles. The Bertz CT molecular complexity index is 1220. The highest BCUT2D eigenvalue weighted by Crippen LogP contribution is 2.46. The lowest BCUT2D eigenvalue weighted by atomic mass is 9.61. The lowest BCUT2D eigenvalue weighted by molar-refractivity contribution is 0.102. The number of benzene rings is 2. The van der Waals surface area contributed by atoms with E-state index < -0.39 is 17.0 Å². The third kappa shape index (κ3) is 3.11. The quantitative estimate of drug-likeness (QED) is 0.496. The molecule has 1 aliphatic rings. The molecule has 0 N–H and O–H groups in total. The number of hydrogen-bond acceptors (Lipinski definition) is 4. The standard InChI is InChI=1S/C25H17F2N3O/c26-22-14-28-15-23(27)19(22)12-25(11-16-9-10-29-30-13-16)20-7-3-1-5-17(20)24(31)18-6-2-4-8-21(18)25/h1-10,13-15H,11-12H2. The molecule has 152 valence electrons. The van der Waals surface area contributed by atoms with Crippen LogP contribution in [-0.2, 0) is 18.3 Å².